The monoisotopic (exact) mass is 923 g/mol. The van der Waals surface area contributed by atoms with E-state index in [0.717, 1.165) is 6.42 Å². The van der Waals surface area contributed by atoms with Gasteiger partial charge in [0.05, 0.1) is 0 Å². The summed E-state index contributed by atoms with van der Waals surface area (Å²) < 4.78 is 0. The van der Waals surface area contributed by atoms with Gasteiger partial charge in [-0.05, 0) is 154 Å². The van der Waals surface area contributed by atoms with E-state index in [2.05, 4.69) is 300 Å². The van der Waals surface area contributed by atoms with Crippen LogP contribution in [0.4, 0.5) is 0 Å². The van der Waals surface area contributed by atoms with Crippen LogP contribution >= 0.6 is 0 Å². The number of rotatable bonds is 4. The van der Waals surface area contributed by atoms with Crippen LogP contribution in [-0.2, 0) is 6.42 Å². The van der Waals surface area contributed by atoms with E-state index in [1.165, 1.54) is 122 Å². The second-order valence-corrected chi connectivity index (χ2v) is 19.3. The van der Waals surface area contributed by atoms with Crippen molar-refractivity contribution in [3.63, 3.8) is 0 Å². The summed E-state index contributed by atoms with van der Waals surface area (Å²) in [6, 6.07) is 82.3. The average Bonchev–Trinajstić information content (AvgIpc) is 3.72. The molecule has 0 spiro atoms. The number of hydrogen-bond acceptors (Lipinski definition) is 0. The molecule has 0 heteroatoms. The van der Waals surface area contributed by atoms with Crippen LogP contribution in [0.25, 0.3) is 55.6 Å². The molecule has 0 radical (unpaired) electrons. The molecule has 0 fully saturated rings. The predicted molar refractivity (Wildman–Crippen MR) is 310 cm³/mol. The first-order valence-corrected chi connectivity index (χ1v) is 25.0. The lowest BCUT2D eigenvalue weighted by Gasteiger charge is -2.05. The molecule has 0 saturated carbocycles. The molecule has 0 unspecified atom stereocenters. The molecule has 0 aliphatic heterocycles. The first-order chi connectivity index (χ1) is 34.3. The van der Waals surface area contributed by atoms with Gasteiger partial charge in [0.1, 0.15) is 0 Å². The summed E-state index contributed by atoms with van der Waals surface area (Å²) in [4.78, 5) is 0. The number of hydrogen-bond donors (Lipinski definition) is 0. The second-order valence-electron chi connectivity index (χ2n) is 19.3. The van der Waals surface area contributed by atoms with Crippen LogP contribution in [0.15, 0.2) is 231 Å². The van der Waals surface area contributed by atoms with Crippen LogP contribution in [0.3, 0.4) is 0 Å². The van der Waals surface area contributed by atoms with Crippen LogP contribution < -0.4 is 0 Å². The van der Waals surface area contributed by atoms with E-state index in [4.69, 9.17) is 0 Å². The van der Waals surface area contributed by atoms with Crippen LogP contribution in [0.1, 0.15) is 66.8 Å². The minimum atomic E-state index is 1.11. The molecule has 0 nitrogen and oxygen atoms in total. The molecule has 1 aliphatic carbocycles. The van der Waals surface area contributed by atoms with Crippen LogP contribution in [0.5, 0.6) is 0 Å². The fourth-order valence-electron chi connectivity index (χ4n) is 8.87. The van der Waals surface area contributed by atoms with Gasteiger partial charge in [-0.15, -0.1) is 0 Å². The van der Waals surface area contributed by atoms with Crippen molar-refractivity contribution in [2.75, 3.05) is 0 Å². The lowest BCUT2D eigenvalue weighted by Crippen LogP contribution is -1.82. The maximum Gasteiger partial charge on any atom is -0.00133 e. The Hall–Kier alpha value is -7.80. The van der Waals surface area contributed by atoms with Crippen molar-refractivity contribution in [1.29, 1.82) is 0 Å². The molecule has 0 saturated heterocycles. The lowest BCUT2D eigenvalue weighted by atomic mass is 9.99. The minimum Gasteiger partial charge on any atom is -0.0620 e. The van der Waals surface area contributed by atoms with Gasteiger partial charge in [-0.1, -0.05) is 275 Å². The fraction of sp³-hybridized carbons (Fsp3) is 0.155. The summed E-state index contributed by atoms with van der Waals surface area (Å²) in [5, 5.41) is 0. The summed E-state index contributed by atoms with van der Waals surface area (Å²) in [5.41, 5.74) is 29.5. The smallest absolute Gasteiger partial charge is 0.00133 e. The van der Waals surface area contributed by atoms with Gasteiger partial charge >= 0.3 is 0 Å². The molecule has 0 heterocycles. The topological polar surface area (TPSA) is 0 Å². The third-order valence-corrected chi connectivity index (χ3v) is 13.0. The lowest BCUT2D eigenvalue weighted by molar-refractivity contribution is 1.24. The van der Waals surface area contributed by atoms with Crippen molar-refractivity contribution in [2.24, 2.45) is 0 Å². The maximum absolute atomic E-state index is 2.31. The van der Waals surface area contributed by atoms with Crippen molar-refractivity contribution in [2.45, 2.75) is 75.7 Å². The summed E-state index contributed by atoms with van der Waals surface area (Å²) >= 11 is 0. The number of fused-ring (bicyclic) bond motifs is 3. The summed E-state index contributed by atoms with van der Waals surface area (Å²) in [6.07, 6.45) is 1.11. The van der Waals surface area contributed by atoms with Crippen LogP contribution in [-0.4, -0.2) is 0 Å². The molecule has 0 aromatic heterocycles. The van der Waals surface area contributed by atoms with Gasteiger partial charge in [0.25, 0.3) is 0 Å². The van der Waals surface area contributed by atoms with E-state index in [0.29, 0.717) is 0 Å². The summed E-state index contributed by atoms with van der Waals surface area (Å²) in [5.74, 6) is 0. The SMILES string of the molecule is Cc1ccc(-c2ccc(C)cc2)cc1.Cc1ccc(-c2cccc(C)c2)cc1.Cc1ccc(-c2ccccc2C)cc1.Cc1ccc2c(c1)Cc1cc(C)ccc1-2.Cc1cccc(-c2ccccc2C)c1. The summed E-state index contributed by atoms with van der Waals surface area (Å²) in [7, 11) is 0. The van der Waals surface area contributed by atoms with E-state index >= 15 is 0 Å². The highest BCUT2D eigenvalue weighted by Crippen LogP contribution is 2.37. The highest BCUT2D eigenvalue weighted by Gasteiger charge is 2.17. The van der Waals surface area contributed by atoms with Gasteiger partial charge < -0.3 is 0 Å². The van der Waals surface area contributed by atoms with Gasteiger partial charge in [0, 0.05) is 0 Å². The first kappa shape index (κ1) is 51.1. The second kappa shape index (κ2) is 24.7. The number of benzene rings is 10. The van der Waals surface area contributed by atoms with E-state index in [-0.39, 0.29) is 0 Å². The zero-order valence-electron chi connectivity index (χ0n) is 43.6. The van der Waals surface area contributed by atoms with Crippen LogP contribution in [0.2, 0.25) is 0 Å². The van der Waals surface area contributed by atoms with E-state index in [1.54, 1.807) is 0 Å². The van der Waals surface area contributed by atoms with Gasteiger partial charge in [-0.25, -0.2) is 0 Å². The molecule has 0 bridgehead atoms. The molecule has 0 N–H and O–H groups in total. The van der Waals surface area contributed by atoms with E-state index in [1.807, 2.05) is 0 Å². The molecule has 0 amide bonds. The van der Waals surface area contributed by atoms with Crippen molar-refractivity contribution >= 4 is 0 Å². The van der Waals surface area contributed by atoms with Crippen molar-refractivity contribution in [3.8, 4) is 55.6 Å². The van der Waals surface area contributed by atoms with Gasteiger partial charge in [0.15, 0.2) is 0 Å². The molecule has 11 rings (SSSR count). The molecular formula is C71H70. The van der Waals surface area contributed by atoms with Gasteiger partial charge in [-0.3, -0.25) is 0 Å². The Morgan fingerprint density at radius 2 is 0.507 bits per heavy atom. The largest absolute Gasteiger partial charge is 0.0620 e. The third-order valence-electron chi connectivity index (χ3n) is 13.0. The number of aryl methyl sites for hydroxylation is 10. The van der Waals surface area contributed by atoms with Gasteiger partial charge in [-0.2, -0.15) is 0 Å². The zero-order chi connectivity index (χ0) is 50.3. The maximum atomic E-state index is 2.31. The standard InChI is InChI=1S/C15H14.4C14H14/c1-10-3-5-14-12(7-10)9-13-8-11(2)4-6-15(13)14;1-11-3-7-13(8-4-11)14-9-5-12(2)6-10-14;1-11-6-5-8-13(10-11)14-9-4-3-7-12(14)2;1-11-6-8-13(9-7-11)14-5-3-4-12(2)10-14;1-11-7-9-13(10-8-11)14-6-4-3-5-12(14)2/h3-8H,9H2,1-2H3;4*3-10H,1-2H3. The molecule has 71 heavy (non-hydrogen) atoms. The Morgan fingerprint density at radius 3 is 0.901 bits per heavy atom. The quantitative estimate of drug-likeness (QED) is 0.165. The van der Waals surface area contributed by atoms with Crippen LogP contribution in [0, 0.1) is 69.2 Å². The first-order valence-electron chi connectivity index (χ1n) is 25.0. The Kier molecular flexibility index (Phi) is 17.7. The Morgan fingerprint density at radius 1 is 0.197 bits per heavy atom. The fourth-order valence-corrected chi connectivity index (χ4v) is 8.87. The van der Waals surface area contributed by atoms with E-state index < -0.39 is 0 Å². The van der Waals surface area contributed by atoms with Crippen molar-refractivity contribution in [1.82, 2.24) is 0 Å². The highest BCUT2D eigenvalue weighted by atomic mass is 14.2. The molecule has 10 aromatic rings. The van der Waals surface area contributed by atoms with Crippen molar-refractivity contribution < 1.29 is 0 Å². The average molecular weight is 923 g/mol. The summed E-state index contributed by atoms with van der Waals surface area (Å²) in [6.45, 7) is 21.3. The Balaban J connectivity index is 0.000000131. The Bertz CT molecular complexity index is 3180. The highest BCUT2D eigenvalue weighted by molar-refractivity contribution is 5.77. The molecule has 10 aromatic carbocycles. The molecular weight excluding hydrogens is 853 g/mol. The third kappa shape index (κ3) is 14.6. The molecule has 354 valence electrons. The van der Waals surface area contributed by atoms with Crippen molar-refractivity contribution in [3.05, 3.63) is 297 Å². The van der Waals surface area contributed by atoms with Gasteiger partial charge in [0.2, 0.25) is 0 Å². The minimum absolute atomic E-state index is 1.11. The normalized spacial score (nSPS) is 10.6. The predicted octanol–water partition coefficient (Wildman–Crippen LogP) is 19.8. The zero-order valence-corrected chi connectivity index (χ0v) is 43.6. The molecule has 0 atom stereocenters. The molecule has 1 aliphatic rings. The van der Waals surface area contributed by atoms with E-state index in [9.17, 15) is 0 Å². The Labute approximate surface area is 426 Å².